The monoisotopic (exact) mass is 448 g/mol. The lowest BCUT2D eigenvalue weighted by Gasteiger charge is -2.23. The Kier molecular flexibility index (Phi) is 6.07. The Bertz CT molecular complexity index is 1230. The summed E-state index contributed by atoms with van der Waals surface area (Å²) < 4.78 is 25.6. The predicted molar refractivity (Wildman–Crippen MR) is 126 cm³/mol. The van der Waals surface area contributed by atoms with Crippen molar-refractivity contribution in [2.45, 2.75) is 17.4 Å². The van der Waals surface area contributed by atoms with Crippen molar-refractivity contribution in [2.75, 3.05) is 24.4 Å². The lowest BCUT2D eigenvalue weighted by atomic mass is 10.0. The highest BCUT2D eigenvalue weighted by Crippen LogP contribution is 2.35. The van der Waals surface area contributed by atoms with Crippen LogP contribution in [0.5, 0.6) is 0 Å². The van der Waals surface area contributed by atoms with E-state index in [1.807, 2.05) is 65.7 Å². The highest BCUT2D eigenvalue weighted by Gasteiger charge is 2.32. The van der Waals surface area contributed by atoms with Crippen molar-refractivity contribution in [2.24, 2.45) is 5.10 Å². The van der Waals surface area contributed by atoms with Gasteiger partial charge in [-0.3, -0.25) is 9.80 Å². The molecule has 3 aromatic rings. The van der Waals surface area contributed by atoms with Gasteiger partial charge in [0.05, 0.1) is 16.6 Å². The summed E-state index contributed by atoms with van der Waals surface area (Å²) in [6.07, 6.45) is 0.456. The molecule has 0 spiro atoms. The normalized spacial score (nSPS) is 16.2. The highest BCUT2D eigenvalue weighted by molar-refractivity contribution is 7.89. The van der Waals surface area contributed by atoms with E-state index in [1.54, 1.807) is 12.1 Å². The number of anilines is 2. The Hall–Kier alpha value is -3.49. The summed E-state index contributed by atoms with van der Waals surface area (Å²) in [6, 6.07) is 25.7. The number of carbonyl (C=O) groups is 1. The lowest BCUT2D eigenvalue weighted by Crippen LogP contribution is -2.23. The van der Waals surface area contributed by atoms with E-state index in [0.717, 1.165) is 15.6 Å². The maximum atomic E-state index is 13.0. The summed E-state index contributed by atoms with van der Waals surface area (Å²) in [4.78, 5) is 13.1. The van der Waals surface area contributed by atoms with Gasteiger partial charge in [0.2, 0.25) is 10.0 Å². The van der Waals surface area contributed by atoms with Gasteiger partial charge in [-0.25, -0.2) is 12.7 Å². The van der Waals surface area contributed by atoms with E-state index in [0.29, 0.717) is 17.8 Å². The van der Waals surface area contributed by atoms with Crippen LogP contribution in [-0.2, 0) is 14.8 Å². The summed E-state index contributed by atoms with van der Waals surface area (Å²) >= 11 is 0. The molecule has 1 heterocycles. The van der Waals surface area contributed by atoms with Crippen LogP contribution in [-0.4, -0.2) is 38.4 Å². The van der Waals surface area contributed by atoms with Gasteiger partial charge in [-0.2, -0.15) is 5.10 Å². The van der Waals surface area contributed by atoms with Crippen LogP contribution in [0.2, 0.25) is 0 Å². The minimum absolute atomic E-state index is 0.0908. The SMILES string of the molecule is CN(C)S(=O)(=O)c1ccc(NC(=O)C2=NN(c3ccccc3)C(c3ccccc3)C2)cc1. The van der Waals surface area contributed by atoms with Crippen molar-refractivity contribution in [3.8, 4) is 0 Å². The Morgan fingerprint density at radius 1 is 0.938 bits per heavy atom. The van der Waals surface area contributed by atoms with E-state index in [9.17, 15) is 13.2 Å². The molecule has 3 aromatic carbocycles. The van der Waals surface area contributed by atoms with Crippen molar-refractivity contribution < 1.29 is 13.2 Å². The van der Waals surface area contributed by atoms with Crippen LogP contribution in [0.15, 0.2) is 94.9 Å². The van der Waals surface area contributed by atoms with Crippen molar-refractivity contribution in [1.82, 2.24) is 4.31 Å². The molecule has 1 amide bonds. The van der Waals surface area contributed by atoms with Gasteiger partial charge >= 0.3 is 0 Å². The molecule has 0 saturated heterocycles. The number of carbonyl (C=O) groups excluding carboxylic acids is 1. The van der Waals surface area contributed by atoms with Crippen molar-refractivity contribution >= 4 is 33.0 Å². The molecule has 8 heteroatoms. The minimum atomic E-state index is -3.52. The van der Waals surface area contributed by atoms with E-state index in [2.05, 4.69) is 10.4 Å². The standard InChI is InChI=1S/C24H24N4O3S/c1-27(2)32(30,31)21-15-13-19(14-16-21)25-24(29)22-17-23(18-9-5-3-6-10-18)28(26-22)20-11-7-4-8-12-20/h3-16,23H,17H2,1-2H3,(H,25,29). The number of para-hydroxylation sites is 1. The molecule has 1 aliphatic rings. The van der Waals surface area contributed by atoms with Gasteiger partial charge in [-0.1, -0.05) is 48.5 Å². The number of rotatable bonds is 6. The first-order valence-corrected chi connectivity index (χ1v) is 11.6. The fourth-order valence-corrected chi connectivity index (χ4v) is 4.43. The maximum Gasteiger partial charge on any atom is 0.271 e. The fraction of sp³-hybridized carbons (Fsp3) is 0.167. The van der Waals surface area contributed by atoms with Crippen molar-refractivity contribution in [3.63, 3.8) is 0 Å². The Balaban J connectivity index is 1.56. The van der Waals surface area contributed by atoms with Crippen LogP contribution in [0.25, 0.3) is 0 Å². The molecule has 1 aliphatic heterocycles. The van der Waals surface area contributed by atoms with E-state index in [-0.39, 0.29) is 16.8 Å². The average Bonchev–Trinajstić information content (AvgIpc) is 3.26. The zero-order valence-corrected chi connectivity index (χ0v) is 18.7. The first-order valence-electron chi connectivity index (χ1n) is 10.2. The van der Waals surface area contributed by atoms with Crippen molar-refractivity contribution in [1.29, 1.82) is 0 Å². The van der Waals surface area contributed by atoms with E-state index >= 15 is 0 Å². The van der Waals surface area contributed by atoms with Crippen LogP contribution in [0.4, 0.5) is 11.4 Å². The van der Waals surface area contributed by atoms with Gasteiger partial charge in [-0.05, 0) is 42.0 Å². The third-order valence-electron chi connectivity index (χ3n) is 5.27. The van der Waals surface area contributed by atoms with Crippen molar-refractivity contribution in [3.05, 3.63) is 90.5 Å². The third kappa shape index (κ3) is 4.42. The zero-order valence-electron chi connectivity index (χ0n) is 17.8. The van der Waals surface area contributed by atoms with Crippen LogP contribution in [0.1, 0.15) is 18.0 Å². The second-order valence-electron chi connectivity index (χ2n) is 7.62. The molecular weight excluding hydrogens is 424 g/mol. The molecule has 0 radical (unpaired) electrons. The van der Waals surface area contributed by atoms with Gasteiger partial charge in [0.15, 0.2) is 0 Å². The molecule has 32 heavy (non-hydrogen) atoms. The van der Waals surface area contributed by atoms with Crippen LogP contribution in [0.3, 0.4) is 0 Å². The topological polar surface area (TPSA) is 82.1 Å². The number of benzene rings is 3. The average molecular weight is 449 g/mol. The second-order valence-corrected chi connectivity index (χ2v) is 9.78. The summed E-state index contributed by atoms with van der Waals surface area (Å²) in [5, 5.41) is 9.33. The van der Waals surface area contributed by atoms with Crippen LogP contribution in [0, 0.1) is 0 Å². The highest BCUT2D eigenvalue weighted by atomic mass is 32.2. The predicted octanol–water partition coefficient (Wildman–Crippen LogP) is 3.88. The molecule has 0 aromatic heterocycles. The zero-order chi connectivity index (χ0) is 22.7. The van der Waals surface area contributed by atoms with Gasteiger partial charge in [0, 0.05) is 26.2 Å². The number of hydrogen-bond acceptors (Lipinski definition) is 5. The molecule has 0 saturated carbocycles. The maximum absolute atomic E-state index is 13.0. The largest absolute Gasteiger partial charge is 0.321 e. The Labute approximate surface area is 188 Å². The molecule has 1 atom stereocenters. The number of nitrogens with one attached hydrogen (secondary N) is 1. The minimum Gasteiger partial charge on any atom is -0.321 e. The summed E-state index contributed by atoms with van der Waals surface area (Å²) in [5.74, 6) is -0.312. The number of nitrogens with zero attached hydrogens (tertiary/aromatic N) is 3. The van der Waals surface area contributed by atoms with Gasteiger partial charge in [0.25, 0.3) is 5.91 Å². The van der Waals surface area contributed by atoms with Gasteiger partial charge in [0.1, 0.15) is 5.71 Å². The first kappa shape index (κ1) is 21.7. The van der Waals surface area contributed by atoms with E-state index in [1.165, 1.54) is 26.2 Å². The third-order valence-corrected chi connectivity index (χ3v) is 7.10. The number of sulfonamides is 1. The van der Waals surface area contributed by atoms with E-state index < -0.39 is 10.0 Å². The van der Waals surface area contributed by atoms with Crippen LogP contribution >= 0.6 is 0 Å². The molecule has 1 N–H and O–H groups in total. The first-order chi connectivity index (χ1) is 15.4. The molecular formula is C24H24N4O3S. The number of hydrogen-bond donors (Lipinski definition) is 1. The molecule has 0 fully saturated rings. The lowest BCUT2D eigenvalue weighted by molar-refractivity contribution is -0.110. The molecule has 4 rings (SSSR count). The summed E-state index contributed by atoms with van der Waals surface area (Å²) in [6.45, 7) is 0. The van der Waals surface area contributed by atoms with E-state index in [4.69, 9.17) is 0 Å². The Morgan fingerprint density at radius 3 is 2.12 bits per heavy atom. The fourth-order valence-electron chi connectivity index (χ4n) is 3.53. The quantitative estimate of drug-likeness (QED) is 0.620. The molecule has 164 valence electrons. The molecule has 1 unspecified atom stereocenters. The number of hydrazone groups is 1. The van der Waals surface area contributed by atoms with Gasteiger partial charge < -0.3 is 5.32 Å². The molecule has 7 nitrogen and oxygen atoms in total. The van der Waals surface area contributed by atoms with Crippen LogP contribution < -0.4 is 10.3 Å². The summed E-state index contributed by atoms with van der Waals surface area (Å²) in [7, 11) is -0.569. The number of amides is 1. The smallest absolute Gasteiger partial charge is 0.271 e. The van der Waals surface area contributed by atoms with Gasteiger partial charge in [-0.15, -0.1) is 0 Å². The molecule has 0 aliphatic carbocycles. The second kappa shape index (κ2) is 8.94. The molecule has 0 bridgehead atoms. The Morgan fingerprint density at radius 2 is 1.53 bits per heavy atom. The summed E-state index contributed by atoms with van der Waals surface area (Å²) in [5.41, 5.74) is 2.89.